The molecule has 2 heterocycles. The fourth-order valence-corrected chi connectivity index (χ4v) is 4.70. The lowest BCUT2D eigenvalue weighted by atomic mass is 10.0. The Labute approximate surface area is 126 Å². The van der Waals surface area contributed by atoms with Crippen LogP contribution < -0.4 is 5.32 Å². The zero-order valence-electron chi connectivity index (χ0n) is 13.2. The van der Waals surface area contributed by atoms with Crippen LogP contribution in [0.2, 0.25) is 0 Å². The van der Waals surface area contributed by atoms with Crippen molar-refractivity contribution in [3.63, 3.8) is 0 Å². The Morgan fingerprint density at radius 3 is 2.43 bits per heavy atom. The normalized spacial score (nSPS) is 22.3. The van der Waals surface area contributed by atoms with Gasteiger partial charge < -0.3 is 10.1 Å². The molecule has 0 aromatic carbocycles. The average molecular weight is 316 g/mol. The van der Waals surface area contributed by atoms with Gasteiger partial charge in [-0.2, -0.15) is 9.40 Å². The third kappa shape index (κ3) is 3.45. The third-order valence-corrected chi connectivity index (χ3v) is 5.12. The molecule has 0 saturated carbocycles. The molecule has 0 amide bonds. The Kier molecular flexibility index (Phi) is 4.18. The molecule has 1 fully saturated rings. The van der Waals surface area contributed by atoms with E-state index in [0.717, 1.165) is 0 Å². The largest absolute Gasteiger partial charge is 0.367 e. The lowest BCUT2D eigenvalue weighted by Gasteiger charge is -2.46. The molecule has 1 aliphatic rings. The summed E-state index contributed by atoms with van der Waals surface area (Å²) in [5, 5.41) is 9.60. The smallest absolute Gasteiger partial charge is 0.260 e. The van der Waals surface area contributed by atoms with Crippen LogP contribution in [-0.2, 0) is 21.3 Å². The van der Waals surface area contributed by atoms with E-state index in [1.54, 1.807) is 13.2 Å². The maximum Gasteiger partial charge on any atom is 0.260 e. The van der Waals surface area contributed by atoms with Crippen LogP contribution in [0.5, 0.6) is 0 Å². The monoisotopic (exact) mass is 316 g/mol. The van der Waals surface area contributed by atoms with E-state index < -0.39 is 21.2 Å². The van der Waals surface area contributed by atoms with Crippen LogP contribution in [0.15, 0.2) is 11.2 Å². The molecule has 0 unspecified atom stereocenters. The molecule has 7 nitrogen and oxygen atoms in total. The third-order valence-electron chi connectivity index (χ3n) is 3.31. The van der Waals surface area contributed by atoms with Crippen LogP contribution >= 0.6 is 0 Å². The van der Waals surface area contributed by atoms with Gasteiger partial charge in [0, 0.05) is 25.2 Å². The highest BCUT2D eigenvalue weighted by Crippen LogP contribution is 2.31. The first-order valence-corrected chi connectivity index (χ1v) is 8.39. The number of H-pyrrole nitrogens is 1. The minimum absolute atomic E-state index is 0.158. The van der Waals surface area contributed by atoms with Crippen molar-refractivity contribution in [2.24, 2.45) is 0 Å². The standard InChI is InChI=1S/C13H24N4O3S/c1-12(2)8-17(9-13(3,4)20-12)21(18,19)11-10(6-14-5)7-15-16-11/h7,14H,6,8-9H2,1-5H3,(H,15,16). The van der Waals surface area contributed by atoms with Crippen molar-refractivity contribution < 1.29 is 13.2 Å². The molecular formula is C13H24N4O3S. The van der Waals surface area contributed by atoms with E-state index in [4.69, 9.17) is 4.74 Å². The van der Waals surface area contributed by atoms with Crippen molar-refractivity contribution in [1.29, 1.82) is 0 Å². The van der Waals surface area contributed by atoms with Gasteiger partial charge in [0.15, 0.2) is 5.03 Å². The molecular weight excluding hydrogens is 292 g/mol. The molecule has 2 N–H and O–H groups in total. The Bertz CT molecular complexity index is 591. The van der Waals surface area contributed by atoms with Gasteiger partial charge in [-0.05, 0) is 34.7 Å². The molecule has 0 spiro atoms. The first-order valence-electron chi connectivity index (χ1n) is 6.95. The SMILES string of the molecule is CNCc1cn[nH]c1S(=O)(=O)N1CC(C)(C)OC(C)(C)C1. The van der Waals surface area contributed by atoms with Gasteiger partial charge >= 0.3 is 0 Å². The van der Waals surface area contributed by atoms with Crippen molar-refractivity contribution >= 4 is 10.0 Å². The average Bonchev–Trinajstić information content (AvgIpc) is 2.74. The Balaban J connectivity index is 2.37. The second-order valence-corrected chi connectivity index (χ2v) is 8.52. The Hall–Kier alpha value is -0.960. The molecule has 1 aliphatic heterocycles. The summed E-state index contributed by atoms with van der Waals surface area (Å²) in [5.41, 5.74) is -0.421. The Morgan fingerprint density at radius 2 is 1.90 bits per heavy atom. The molecule has 0 bridgehead atoms. The molecule has 1 aromatic heterocycles. The summed E-state index contributed by atoms with van der Waals surface area (Å²) < 4.78 is 33.2. The second-order valence-electron chi connectivity index (χ2n) is 6.65. The number of sulfonamides is 1. The van der Waals surface area contributed by atoms with Crippen molar-refractivity contribution in [2.45, 2.75) is 50.5 Å². The summed E-state index contributed by atoms with van der Waals surface area (Å²) in [6.45, 7) is 8.68. The van der Waals surface area contributed by atoms with Crippen LogP contribution in [0, 0.1) is 0 Å². The first-order chi connectivity index (χ1) is 9.57. The number of morpholine rings is 1. The minimum Gasteiger partial charge on any atom is -0.367 e. The summed E-state index contributed by atoms with van der Waals surface area (Å²) in [5.74, 6) is 0. The highest BCUT2D eigenvalue weighted by Gasteiger charge is 2.44. The van der Waals surface area contributed by atoms with Gasteiger partial charge in [0.25, 0.3) is 10.0 Å². The molecule has 0 aliphatic carbocycles. The number of hydrogen-bond acceptors (Lipinski definition) is 5. The van der Waals surface area contributed by atoms with Gasteiger partial charge in [-0.25, -0.2) is 8.42 Å². The van der Waals surface area contributed by atoms with E-state index >= 15 is 0 Å². The van der Waals surface area contributed by atoms with Crippen LogP contribution in [0.25, 0.3) is 0 Å². The molecule has 1 aromatic rings. The summed E-state index contributed by atoms with van der Waals surface area (Å²) in [4.78, 5) is 0. The van der Waals surface area contributed by atoms with Gasteiger partial charge in [0.1, 0.15) is 0 Å². The number of aromatic amines is 1. The molecule has 0 atom stereocenters. The highest BCUT2D eigenvalue weighted by atomic mass is 32.2. The van der Waals surface area contributed by atoms with Crippen LogP contribution in [0.3, 0.4) is 0 Å². The highest BCUT2D eigenvalue weighted by molar-refractivity contribution is 7.89. The van der Waals surface area contributed by atoms with E-state index in [-0.39, 0.29) is 5.03 Å². The lowest BCUT2D eigenvalue weighted by molar-refractivity contribution is -0.164. The molecule has 21 heavy (non-hydrogen) atoms. The lowest BCUT2D eigenvalue weighted by Crippen LogP contribution is -2.58. The zero-order valence-corrected chi connectivity index (χ0v) is 14.0. The van der Waals surface area contributed by atoms with Gasteiger partial charge in [0.05, 0.1) is 17.4 Å². The van der Waals surface area contributed by atoms with Crippen molar-refractivity contribution in [3.8, 4) is 0 Å². The van der Waals surface area contributed by atoms with E-state index in [1.165, 1.54) is 4.31 Å². The molecule has 8 heteroatoms. The number of nitrogens with one attached hydrogen (secondary N) is 2. The van der Waals surface area contributed by atoms with Crippen LogP contribution in [0.1, 0.15) is 33.3 Å². The number of aromatic nitrogens is 2. The van der Waals surface area contributed by atoms with E-state index in [1.807, 2.05) is 27.7 Å². The number of rotatable bonds is 4. The fraction of sp³-hybridized carbons (Fsp3) is 0.769. The molecule has 2 rings (SSSR count). The van der Waals surface area contributed by atoms with Gasteiger partial charge in [-0.1, -0.05) is 0 Å². The van der Waals surface area contributed by atoms with Crippen molar-refractivity contribution in [2.75, 3.05) is 20.1 Å². The van der Waals surface area contributed by atoms with Gasteiger partial charge in [-0.15, -0.1) is 0 Å². The number of hydrogen-bond donors (Lipinski definition) is 2. The van der Waals surface area contributed by atoms with Crippen molar-refractivity contribution in [3.05, 3.63) is 11.8 Å². The summed E-state index contributed by atoms with van der Waals surface area (Å²) in [6.07, 6.45) is 1.54. The quantitative estimate of drug-likeness (QED) is 0.854. The summed E-state index contributed by atoms with van der Waals surface area (Å²) in [7, 11) is -1.85. The van der Waals surface area contributed by atoms with Crippen LogP contribution in [-0.4, -0.2) is 54.3 Å². The minimum atomic E-state index is -3.62. The van der Waals surface area contributed by atoms with E-state index in [9.17, 15) is 8.42 Å². The first kappa shape index (κ1) is 16.4. The van der Waals surface area contributed by atoms with Gasteiger partial charge in [-0.3, -0.25) is 5.10 Å². The fourth-order valence-electron chi connectivity index (χ4n) is 2.86. The molecule has 1 saturated heterocycles. The zero-order chi connectivity index (χ0) is 15.9. The van der Waals surface area contributed by atoms with Crippen molar-refractivity contribution in [1.82, 2.24) is 19.8 Å². The van der Waals surface area contributed by atoms with E-state index in [0.29, 0.717) is 25.2 Å². The summed E-state index contributed by atoms with van der Waals surface area (Å²) >= 11 is 0. The predicted molar refractivity (Wildman–Crippen MR) is 79.4 cm³/mol. The van der Waals surface area contributed by atoms with Gasteiger partial charge in [0.2, 0.25) is 0 Å². The van der Waals surface area contributed by atoms with Crippen LogP contribution in [0.4, 0.5) is 0 Å². The number of ether oxygens (including phenoxy) is 1. The summed E-state index contributed by atoms with van der Waals surface area (Å²) in [6, 6.07) is 0. The van der Waals surface area contributed by atoms with E-state index in [2.05, 4.69) is 15.5 Å². The Morgan fingerprint density at radius 1 is 1.33 bits per heavy atom. The predicted octanol–water partition coefficient (Wildman–Crippen LogP) is 0.707. The molecule has 120 valence electrons. The second kappa shape index (κ2) is 5.35. The molecule has 0 radical (unpaired) electrons. The maximum atomic E-state index is 12.9. The maximum absolute atomic E-state index is 12.9. The topological polar surface area (TPSA) is 87.3 Å². The number of nitrogens with zero attached hydrogens (tertiary/aromatic N) is 2.